The van der Waals surface area contributed by atoms with Crippen molar-refractivity contribution < 1.29 is 28.8 Å². The summed E-state index contributed by atoms with van der Waals surface area (Å²) >= 11 is 0. The Hall–Kier alpha value is -2.24. The molecular weight excluding hydrogens is 475 g/mol. The number of amides is 1. The van der Waals surface area contributed by atoms with Crippen LogP contribution in [-0.2, 0) is 20.4 Å². The lowest BCUT2D eigenvalue weighted by molar-refractivity contribution is -0.143. The third-order valence-corrected chi connectivity index (χ3v) is 8.25. The van der Waals surface area contributed by atoms with Crippen LogP contribution in [0.15, 0.2) is 24.4 Å². The van der Waals surface area contributed by atoms with Crippen LogP contribution in [0.5, 0.6) is 0 Å². The van der Waals surface area contributed by atoms with Crippen molar-refractivity contribution in [2.75, 3.05) is 38.3 Å². The number of nitrogens with one attached hydrogen (secondary N) is 1. The van der Waals surface area contributed by atoms with Crippen LogP contribution in [0.3, 0.4) is 0 Å². The summed E-state index contributed by atoms with van der Waals surface area (Å²) in [5, 5.41) is 3.63. The highest BCUT2D eigenvalue weighted by Gasteiger charge is 2.53. The molecule has 0 spiro atoms. The Bertz CT molecular complexity index is 1030. The van der Waals surface area contributed by atoms with Gasteiger partial charge in [0.05, 0.1) is 31.6 Å². The first kappa shape index (κ1) is 24.1. The van der Waals surface area contributed by atoms with Crippen LogP contribution in [0.2, 0.25) is 0 Å². The zero-order chi connectivity index (χ0) is 26.4. The summed E-state index contributed by atoms with van der Waals surface area (Å²) in [4.78, 5) is 25.6. The fraction of sp³-hybridized carbons (Fsp3) is 0.720. The number of fused-ring (bicyclic) bond motifs is 2. The van der Waals surface area contributed by atoms with E-state index in [4.69, 9.17) is 10.8 Å². The number of carbonyl (C=O) groups is 1. The molecule has 3 aliphatic heterocycles. The van der Waals surface area contributed by atoms with E-state index < -0.39 is 17.3 Å². The standard InChI is InChI=1S/C25H34F3N5O3/c1-15(2)24(7-4-16(11-24)30-19-6-9-36-14-20(19)35-3)22(34)32-12-18-10-17(32)13-33(18)23-29-8-5-21(31-23)25(26,27)28/h4-5,7-8,15-20,30H,6,9-14H2,1-3H3/t16-,17+,18+,19+,20-,24+/m1/s1/i3D. The molecule has 0 unspecified atom stereocenters. The molecule has 0 aromatic carbocycles. The molecule has 36 heavy (non-hydrogen) atoms. The number of methoxy groups -OCH3 is 1. The second kappa shape index (κ2) is 9.57. The predicted octanol–water partition coefficient (Wildman–Crippen LogP) is 2.65. The molecule has 8 nitrogen and oxygen atoms in total. The number of carbonyl (C=O) groups excluding carboxylic acids is 1. The molecule has 6 atom stereocenters. The maximum absolute atomic E-state index is 14.0. The fourth-order valence-electron chi connectivity index (χ4n) is 6.15. The van der Waals surface area contributed by atoms with Gasteiger partial charge in [-0.2, -0.15) is 13.2 Å². The number of ether oxygens (including phenoxy) is 2. The molecule has 1 N–H and O–H groups in total. The van der Waals surface area contributed by atoms with E-state index in [0.717, 1.165) is 18.7 Å². The van der Waals surface area contributed by atoms with Crippen molar-refractivity contribution in [3.8, 4) is 0 Å². The fourth-order valence-corrected chi connectivity index (χ4v) is 6.15. The van der Waals surface area contributed by atoms with Gasteiger partial charge in [-0.15, -0.1) is 0 Å². The van der Waals surface area contributed by atoms with E-state index in [1.807, 2.05) is 11.0 Å². The highest BCUT2D eigenvalue weighted by Crippen LogP contribution is 2.45. The van der Waals surface area contributed by atoms with Crippen LogP contribution in [0.4, 0.5) is 19.1 Å². The molecule has 1 aliphatic carbocycles. The second-order valence-corrected chi connectivity index (χ2v) is 10.6. The largest absolute Gasteiger partial charge is 0.433 e. The maximum atomic E-state index is 14.0. The minimum absolute atomic E-state index is 0.00100. The van der Waals surface area contributed by atoms with Gasteiger partial charge < -0.3 is 24.6 Å². The van der Waals surface area contributed by atoms with Gasteiger partial charge in [0, 0.05) is 45.1 Å². The molecule has 0 saturated carbocycles. The molecular formula is C25H34F3N5O3. The predicted molar refractivity (Wildman–Crippen MR) is 126 cm³/mol. The summed E-state index contributed by atoms with van der Waals surface area (Å²) in [7, 11) is -0.124. The number of hydrogen-bond donors (Lipinski definition) is 1. The van der Waals surface area contributed by atoms with Gasteiger partial charge in [-0.3, -0.25) is 4.79 Å². The molecule has 4 heterocycles. The second-order valence-electron chi connectivity index (χ2n) is 10.6. The van der Waals surface area contributed by atoms with Gasteiger partial charge in [-0.1, -0.05) is 26.0 Å². The van der Waals surface area contributed by atoms with Crippen molar-refractivity contribution in [3.05, 3.63) is 30.1 Å². The van der Waals surface area contributed by atoms with Crippen LogP contribution in [0.25, 0.3) is 0 Å². The van der Waals surface area contributed by atoms with Gasteiger partial charge in [-0.25, -0.2) is 9.97 Å². The Kier molecular flexibility index (Phi) is 6.41. The Labute approximate surface area is 210 Å². The number of aromatic nitrogens is 2. The Morgan fingerprint density at radius 1 is 1.36 bits per heavy atom. The van der Waals surface area contributed by atoms with E-state index in [2.05, 4.69) is 35.2 Å². The van der Waals surface area contributed by atoms with Crippen molar-refractivity contribution in [3.63, 3.8) is 0 Å². The quantitative estimate of drug-likeness (QED) is 0.590. The van der Waals surface area contributed by atoms with E-state index in [1.165, 1.54) is 0 Å². The first-order valence-corrected chi connectivity index (χ1v) is 12.5. The number of likely N-dealkylation sites (tertiary alicyclic amines) is 1. The monoisotopic (exact) mass is 510 g/mol. The van der Waals surface area contributed by atoms with Crippen LogP contribution in [0, 0.1) is 11.3 Å². The molecule has 1 aromatic heterocycles. The molecule has 1 aromatic rings. The van der Waals surface area contributed by atoms with E-state index >= 15 is 0 Å². The lowest BCUT2D eigenvalue weighted by atomic mass is 9.74. The molecule has 3 fully saturated rings. The van der Waals surface area contributed by atoms with Gasteiger partial charge in [0.25, 0.3) is 0 Å². The zero-order valence-corrected chi connectivity index (χ0v) is 20.6. The van der Waals surface area contributed by atoms with Gasteiger partial charge in [0.1, 0.15) is 5.69 Å². The first-order chi connectivity index (χ1) is 17.6. The van der Waals surface area contributed by atoms with Gasteiger partial charge in [0.15, 0.2) is 0 Å². The van der Waals surface area contributed by atoms with Crippen LogP contribution >= 0.6 is 0 Å². The summed E-state index contributed by atoms with van der Waals surface area (Å²) < 4.78 is 57.9. The normalized spacial score (nSPS) is 34.6. The summed E-state index contributed by atoms with van der Waals surface area (Å²) in [5.74, 6) is 0.213. The van der Waals surface area contributed by atoms with E-state index in [1.54, 1.807) is 4.90 Å². The first-order valence-electron chi connectivity index (χ1n) is 13.2. The van der Waals surface area contributed by atoms with E-state index in [0.29, 0.717) is 39.1 Å². The highest BCUT2D eigenvalue weighted by molar-refractivity contribution is 5.87. The van der Waals surface area contributed by atoms with Crippen molar-refractivity contribution >= 4 is 11.9 Å². The van der Waals surface area contributed by atoms with Crippen LogP contribution in [0.1, 0.15) is 40.2 Å². The summed E-state index contributed by atoms with van der Waals surface area (Å²) in [5.41, 5.74) is -1.61. The molecule has 11 heteroatoms. The zero-order valence-electron chi connectivity index (χ0n) is 21.6. The third kappa shape index (κ3) is 4.50. The van der Waals surface area contributed by atoms with Crippen molar-refractivity contribution in [1.29, 1.82) is 0 Å². The number of rotatable bonds is 6. The van der Waals surface area contributed by atoms with Gasteiger partial charge in [0.2, 0.25) is 11.9 Å². The minimum Gasteiger partial charge on any atom is -0.379 e. The molecule has 3 saturated heterocycles. The molecule has 2 bridgehead atoms. The lowest BCUT2D eigenvalue weighted by Crippen LogP contribution is -2.55. The molecule has 1 amide bonds. The number of anilines is 1. The average molecular weight is 511 g/mol. The Morgan fingerprint density at radius 3 is 2.89 bits per heavy atom. The number of piperazine rings is 1. The number of hydrogen-bond acceptors (Lipinski definition) is 7. The van der Waals surface area contributed by atoms with Gasteiger partial charge in [-0.05, 0) is 31.2 Å². The van der Waals surface area contributed by atoms with E-state index in [9.17, 15) is 18.0 Å². The van der Waals surface area contributed by atoms with Crippen molar-refractivity contribution in [1.82, 2.24) is 20.2 Å². The minimum atomic E-state index is -4.53. The number of halogens is 3. The van der Waals surface area contributed by atoms with Crippen molar-refractivity contribution in [2.24, 2.45) is 11.3 Å². The summed E-state index contributed by atoms with van der Waals surface area (Å²) in [6, 6.07) is 0.734. The van der Waals surface area contributed by atoms with Crippen LogP contribution < -0.4 is 10.2 Å². The SMILES string of the molecule is [2H]CO[C@@H]1COCC[C@@H]1N[C@@H]1C=C[C@@](C(=O)N2C[C@@H]3C[C@H]2CN3c2nccc(C(F)(F)F)n2)(C(C)C)C1. The smallest absolute Gasteiger partial charge is 0.379 e. The summed E-state index contributed by atoms with van der Waals surface area (Å²) in [6.45, 7) is 6.06. The molecule has 5 rings (SSSR count). The van der Waals surface area contributed by atoms with E-state index in [-0.39, 0.29) is 55.1 Å². The summed E-state index contributed by atoms with van der Waals surface area (Å²) in [6.07, 6.45) is 2.63. The Morgan fingerprint density at radius 2 is 2.19 bits per heavy atom. The molecule has 0 radical (unpaired) electrons. The van der Waals surface area contributed by atoms with Crippen molar-refractivity contribution in [2.45, 2.75) is 69.6 Å². The lowest BCUT2D eigenvalue weighted by Gasteiger charge is -2.41. The number of alkyl halides is 3. The number of nitrogens with zero attached hydrogens (tertiary/aromatic N) is 4. The maximum Gasteiger partial charge on any atom is 0.433 e. The molecule has 198 valence electrons. The molecule has 4 aliphatic rings. The highest BCUT2D eigenvalue weighted by atomic mass is 19.4. The Balaban J connectivity index is 1.26. The van der Waals surface area contributed by atoms with Gasteiger partial charge >= 0.3 is 6.18 Å². The topological polar surface area (TPSA) is 79.8 Å². The third-order valence-electron chi connectivity index (χ3n) is 8.25. The average Bonchev–Trinajstić information content (AvgIpc) is 3.60. The van der Waals surface area contributed by atoms with Crippen LogP contribution in [-0.4, -0.2) is 84.4 Å².